The van der Waals surface area contributed by atoms with E-state index in [1.165, 1.54) is 0 Å². The maximum Gasteiger partial charge on any atom is 0.253 e. The van der Waals surface area contributed by atoms with E-state index in [4.69, 9.17) is 5.73 Å². The van der Waals surface area contributed by atoms with Crippen LogP contribution < -0.4 is 5.73 Å². The Balaban J connectivity index is 2.98. The number of nitrogens with zero attached hydrogens (tertiary/aromatic N) is 1. The molecule has 3 heteroatoms. The smallest absolute Gasteiger partial charge is 0.253 e. The normalized spacial score (nSPS) is 12.3. The Morgan fingerprint density at radius 3 is 2.60 bits per heavy atom. The highest BCUT2D eigenvalue weighted by molar-refractivity contribution is 5.94. The van der Waals surface area contributed by atoms with Crippen LogP contribution in [0.1, 0.15) is 43.6 Å². The zero-order valence-corrected chi connectivity index (χ0v) is 13.0. The minimum Gasteiger partial charge on any atom is -0.338 e. The van der Waals surface area contributed by atoms with Gasteiger partial charge in [-0.05, 0) is 30.5 Å². The topological polar surface area (TPSA) is 46.3 Å². The summed E-state index contributed by atoms with van der Waals surface area (Å²) in [6, 6.07) is 7.52. The Bertz CT molecular complexity index is 532. The fraction of sp³-hybridized carbons (Fsp3) is 0.471. The molecule has 1 aromatic carbocycles. The van der Waals surface area contributed by atoms with E-state index < -0.39 is 0 Å². The van der Waals surface area contributed by atoms with Gasteiger partial charge in [0.2, 0.25) is 0 Å². The van der Waals surface area contributed by atoms with Gasteiger partial charge >= 0.3 is 0 Å². The molecule has 0 bridgehead atoms. The second-order valence-electron chi connectivity index (χ2n) is 6.04. The highest BCUT2D eigenvalue weighted by Crippen LogP contribution is 2.24. The molecule has 1 unspecified atom stereocenters. The van der Waals surface area contributed by atoms with Crippen molar-refractivity contribution >= 4 is 5.91 Å². The molecule has 2 N–H and O–H groups in total. The van der Waals surface area contributed by atoms with Gasteiger partial charge in [0.1, 0.15) is 0 Å². The van der Waals surface area contributed by atoms with Gasteiger partial charge in [0.05, 0.1) is 6.54 Å². The highest BCUT2D eigenvalue weighted by atomic mass is 16.2. The molecule has 0 aliphatic heterocycles. The second kappa shape index (κ2) is 6.58. The van der Waals surface area contributed by atoms with Gasteiger partial charge < -0.3 is 10.6 Å². The number of amides is 1. The van der Waals surface area contributed by atoms with Crippen LogP contribution in [0.15, 0.2) is 24.3 Å². The summed E-state index contributed by atoms with van der Waals surface area (Å²) in [6.45, 7) is 8.77. The number of carbonyl (C=O) groups is 1. The average Bonchev–Trinajstić information content (AvgIpc) is 2.42. The summed E-state index contributed by atoms with van der Waals surface area (Å²) in [7, 11) is 1.84. The van der Waals surface area contributed by atoms with E-state index in [1.807, 2.05) is 31.3 Å². The molecule has 0 heterocycles. The van der Waals surface area contributed by atoms with Crippen LogP contribution in [0.25, 0.3) is 0 Å². The Morgan fingerprint density at radius 1 is 1.40 bits per heavy atom. The molecule has 0 radical (unpaired) electrons. The lowest BCUT2D eigenvalue weighted by Crippen LogP contribution is -2.42. The zero-order valence-electron chi connectivity index (χ0n) is 13.0. The second-order valence-corrected chi connectivity index (χ2v) is 6.04. The lowest BCUT2D eigenvalue weighted by molar-refractivity contribution is 0.0629. The van der Waals surface area contributed by atoms with Crippen LogP contribution in [0.5, 0.6) is 0 Å². The van der Waals surface area contributed by atoms with Gasteiger partial charge in [0.25, 0.3) is 5.91 Å². The van der Waals surface area contributed by atoms with E-state index in [0.717, 1.165) is 5.56 Å². The minimum absolute atomic E-state index is 0.0174. The molecule has 1 rings (SSSR count). The first-order valence-corrected chi connectivity index (χ1v) is 6.83. The SMILES string of the molecule is CC(N(C)C(=O)c1cccc(C#CCN)c1)C(C)(C)C. The summed E-state index contributed by atoms with van der Waals surface area (Å²) in [5.41, 5.74) is 6.88. The maximum absolute atomic E-state index is 12.5. The standard InChI is InChI=1S/C17H24N2O/c1-13(17(2,3)4)19(5)16(20)15-10-6-8-14(12-15)9-7-11-18/h6,8,10,12-13H,11,18H2,1-5H3. The van der Waals surface area contributed by atoms with Crippen molar-refractivity contribution in [3.8, 4) is 11.8 Å². The molecular weight excluding hydrogens is 248 g/mol. The summed E-state index contributed by atoms with van der Waals surface area (Å²) in [5, 5.41) is 0. The molecule has 1 amide bonds. The summed E-state index contributed by atoms with van der Waals surface area (Å²) in [5.74, 6) is 5.77. The Hall–Kier alpha value is -1.79. The van der Waals surface area contributed by atoms with Crippen molar-refractivity contribution < 1.29 is 4.79 Å². The van der Waals surface area contributed by atoms with E-state index in [0.29, 0.717) is 12.1 Å². The fourth-order valence-corrected chi connectivity index (χ4v) is 1.84. The minimum atomic E-state index is 0.0174. The summed E-state index contributed by atoms with van der Waals surface area (Å²) < 4.78 is 0. The van der Waals surface area contributed by atoms with Gasteiger partial charge in [0.15, 0.2) is 0 Å². The predicted molar refractivity (Wildman–Crippen MR) is 83.4 cm³/mol. The lowest BCUT2D eigenvalue weighted by Gasteiger charge is -2.35. The van der Waals surface area contributed by atoms with Crippen molar-refractivity contribution in [3.05, 3.63) is 35.4 Å². The number of hydrogen-bond acceptors (Lipinski definition) is 2. The number of nitrogens with two attached hydrogens (primary N) is 1. The van der Waals surface area contributed by atoms with Gasteiger partial charge in [-0.1, -0.05) is 38.7 Å². The number of hydrogen-bond donors (Lipinski definition) is 1. The van der Waals surface area contributed by atoms with Gasteiger partial charge in [-0.3, -0.25) is 4.79 Å². The number of rotatable bonds is 2. The molecule has 1 aromatic rings. The Labute approximate surface area is 122 Å². The van der Waals surface area contributed by atoms with Gasteiger partial charge in [-0.15, -0.1) is 0 Å². The van der Waals surface area contributed by atoms with E-state index in [1.54, 1.807) is 4.90 Å². The molecule has 20 heavy (non-hydrogen) atoms. The van der Waals surface area contributed by atoms with Crippen molar-refractivity contribution in [2.45, 2.75) is 33.7 Å². The molecule has 0 aromatic heterocycles. The quantitative estimate of drug-likeness (QED) is 0.841. The maximum atomic E-state index is 12.5. The first-order chi connectivity index (χ1) is 9.27. The molecule has 1 atom stereocenters. The van der Waals surface area contributed by atoms with Gasteiger partial charge in [-0.2, -0.15) is 0 Å². The van der Waals surface area contributed by atoms with Crippen LogP contribution in [0.4, 0.5) is 0 Å². The lowest BCUT2D eigenvalue weighted by atomic mass is 9.87. The molecule has 0 fully saturated rings. The monoisotopic (exact) mass is 272 g/mol. The van der Waals surface area contributed by atoms with Gasteiger partial charge in [-0.25, -0.2) is 0 Å². The Kier molecular flexibility index (Phi) is 5.35. The first kappa shape index (κ1) is 16.3. The van der Waals surface area contributed by atoms with Crippen molar-refractivity contribution in [2.75, 3.05) is 13.6 Å². The van der Waals surface area contributed by atoms with Crippen molar-refractivity contribution in [3.63, 3.8) is 0 Å². The summed E-state index contributed by atoms with van der Waals surface area (Å²) in [4.78, 5) is 14.3. The third-order valence-electron chi connectivity index (χ3n) is 3.60. The molecule has 0 aliphatic rings. The van der Waals surface area contributed by atoms with E-state index in [9.17, 15) is 4.79 Å². The van der Waals surface area contributed by atoms with Crippen molar-refractivity contribution in [1.29, 1.82) is 0 Å². The van der Waals surface area contributed by atoms with Gasteiger partial charge in [0, 0.05) is 24.2 Å². The van der Waals surface area contributed by atoms with Crippen LogP contribution in [0.2, 0.25) is 0 Å². The van der Waals surface area contributed by atoms with Crippen molar-refractivity contribution in [1.82, 2.24) is 4.90 Å². The van der Waals surface area contributed by atoms with Crippen LogP contribution in [-0.4, -0.2) is 30.4 Å². The predicted octanol–water partition coefficient (Wildman–Crippen LogP) is 2.50. The van der Waals surface area contributed by atoms with Crippen LogP contribution in [0.3, 0.4) is 0 Å². The largest absolute Gasteiger partial charge is 0.338 e. The third-order valence-corrected chi connectivity index (χ3v) is 3.60. The first-order valence-electron chi connectivity index (χ1n) is 6.83. The molecule has 3 nitrogen and oxygen atoms in total. The molecule has 0 saturated carbocycles. The Morgan fingerprint density at radius 2 is 2.05 bits per heavy atom. The fourth-order valence-electron chi connectivity index (χ4n) is 1.84. The zero-order chi connectivity index (χ0) is 15.3. The van der Waals surface area contributed by atoms with E-state index >= 15 is 0 Å². The van der Waals surface area contributed by atoms with Crippen LogP contribution >= 0.6 is 0 Å². The molecule has 0 spiro atoms. The molecule has 0 aliphatic carbocycles. The highest BCUT2D eigenvalue weighted by Gasteiger charge is 2.27. The third kappa shape index (κ3) is 4.11. The summed E-state index contributed by atoms with van der Waals surface area (Å²) in [6.07, 6.45) is 0. The molecular formula is C17H24N2O. The number of benzene rings is 1. The average molecular weight is 272 g/mol. The van der Waals surface area contributed by atoms with Crippen LogP contribution in [-0.2, 0) is 0 Å². The molecule has 0 saturated heterocycles. The molecule has 108 valence electrons. The van der Waals surface area contributed by atoms with E-state index in [2.05, 4.69) is 39.5 Å². The van der Waals surface area contributed by atoms with E-state index in [-0.39, 0.29) is 17.4 Å². The van der Waals surface area contributed by atoms with Crippen LogP contribution in [0, 0.1) is 17.3 Å². The van der Waals surface area contributed by atoms with Crippen molar-refractivity contribution in [2.24, 2.45) is 11.1 Å². The summed E-state index contributed by atoms with van der Waals surface area (Å²) >= 11 is 0. The number of carbonyl (C=O) groups excluding carboxylic acids is 1.